The van der Waals surface area contributed by atoms with E-state index in [1.165, 1.54) is 11.3 Å². The van der Waals surface area contributed by atoms with Gasteiger partial charge in [0.15, 0.2) is 0 Å². The zero-order valence-electron chi connectivity index (χ0n) is 15.5. The molecule has 0 radical (unpaired) electrons. The van der Waals surface area contributed by atoms with E-state index in [2.05, 4.69) is 16.2 Å². The summed E-state index contributed by atoms with van der Waals surface area (Å²) in [6, 6.07) is 17.1. The number of fused-ring (bicyclic) bond motifs is 1. The highest BCUT2D eigenvalue weighted by Crippen LogP contribution is 2.32. The van der Waals surface area contributed by atoms with E-state index >= 15 is 0 Å². The molecule has 29 heavy (non-hydrogen) atoms. The second-order valence-corrected chi connectivity index (χ2v) is 7.56. The van der Waals surface area contributed by atoms with Gasteiger partial charge in [0.2, 0.25) is 0 Å². The van der Waals surface area contributed by atoms with Crippen LogP contribution in [0.4, 0.5) is 0 Å². The maximum Gasteiger partial charge on any atom is 0.307 e. The summed E-state index contributed by atoms with van der Waals surface area (Å²) in [5.41, 5.74) is 4.27. The number of aromatic nitrogens is 3. The fraction of sp³-hybridized carbons (Fsp3) is 0.0909. The Bertz CT molecular complexity index is 1260. The molecule has 0 aliphatic heterocycles. The van der Waals surface area contributed by atoms with E-state index in [1.54, 1.807) is 16.8 Å². The number of thiazole rings is 1. The first-order chi connectivity index (χ1) is 14.0. The number of hydrogen-bond acceptors (Lipinski definition) is 5. The first-order valence-electron chi connectivity index (χ1n) is 8.86. The van der Waals surface area contributed by atoms with Gasteiger partial charge in [-0.05, 0) is 35.9 Å². The van der Waals surface area contributed by atoms with E-state index in [0.29, 0.717) is 21.8 Å². The van der Waals surface area contributed by atoms with Crippen molar-refractivity contribution >= 4 is 39.2 Å². The molecule has 4 aromatic rings. The number of hydrogen-bond donors (Lipinski definition) is 1. The van der Waals surface area contributed by atoms with Crippen molar-refractivity contribution in [2.24, 2.45) is 7.05 Å². The third-order valence-electron chi connectivity index (χ3n) is 4.36. The van der Waals surface area contributed by atoms with Gasteiger partial charge in [-0.1, -0.05) is 24.3 Å². The number of nitrogens with zero attached hydrogens (tertiary/aromatic N) is 4. The number of benzene rings is 2. The molecule has 0 amide bonds. The van der Waals surface area contributed by atoms with Crippen LogP contribution in [-0.2, 0) is 11.8 Å². The van der Waals surface area contributed by atoms with Crippen molar-refractivity contribution in [3.05, 3.63) is 70.9 Å². The first kappa shape index (κ1) is 18.6. The molecule has 1 N–H and O–H groups in total. The van der Waals surface area contributed by atoms with Crippen LogP contribution in [0.25, 0.3) is 33.1 Å². The summed E-state index contributed by atoms with van der Waals surface area (Å²) in [5.74, 6) is -0.924. The normalized spacial score (nSPS) is 11.5. The summed E-state index contributed by atoms with van der Waals surface area (Å²) in [6.07, 6.45) is 3.52. The number of aliphatic carboxylic acids is 1. The van der Waals surface area contributed by atoms with Crippen molar-refractivity contribution in [3.8, 4) is 17.3 Å². The van der Waals surface area contributed by atoms with Crippen LogP contribution < -0.4 is 0 Å². The molecule has 0 aliphatic rings. The van der Waals surface area contributed by atoms with E-state index in [4.69, 9.17) is 0 Å². The fourth-order valence-electron chi connectivity index (χ4n) is 3.12. The summed E-state index contributed by atoms with van der Waals surface area (Å²) in [7, 11) is 1.81. The van der Waals surface area contributed by atoms with Crippen molar-refractivity contribution in [1.29, 1.82) is 5.26 Å². The van der Waals surface area contributed by atoms with E-state index in [9.17, 15) is 15.2 Å². The molecule has 2 aromatic heterocycles. The van der Waals surface area contributed by atoms with Crippen LogP contribution in [0.2, 0.25) is 0 Å². The SMILES string of the molecule is Cn1cc(/C=C(\CC(=O)O)c2nc3ccccc3s2)c(-c2cccc(C#N)c2)n1. The number of para-hydroxylation sites is 1. The largest absolute Gasteiger partial charge is 0.481 e. The standard InChI is InChI=1S/C22H16N4O2S/c1-26-13-17(21(25-26)15-6-4-5-14(9-15)12-23)10-16(11-20(27)28)22-24-18-7-2-3-8-19(18)29-22/h2-10,13H,11H2,1H3,(H,27,28)/b16-10+. The van der Waals surface area contributed by atoms with Crippen LogP contribution in [0, 0.1) is 11.3 Å². The Morgan fingerprint density at radius 1 is 1.28 bits per heavy atom. The third-order valence-corrected chi connectivity index (χ3v) is 5.47. The molecule has 4 rings (SSSR count). The predicted octanol–water partition coefficient (Wildman–Crippen LogP) is 4.58. The minimum atomic E-state index is -0.924. The van der Waals surface area contributed by atoms with E-state index in [-0.39, 0.29) is 6.42 Å². The molecule has 0 atom stereocenters. The van der Waals surface area contributed by atoms with Crippen LogP contribution in [0.3, 0.4) is 0 Å². The molecule has 0 bridgehead atoms. The van der Waals surface area contributed by atoms with E-state index < -0.39 is 5.97 Å². The summed E-state index contributed by atoms with van der Waals surface area (Å²) < 4.78 is 2.68. The van der Waals surface area contributed by atoms with Gasteiger partial charge in [-0.25, -0.2) is 4.98 Å². The summed E-state index contributed by atoms with van der Waals surface area (Å²) in [6.45, 7) is 0. The lowest BCUT2D eigenvalue weighted by atomic mass is 10.0. The molecule has 2 heterocycles. The van der Waals surface area contributed by atoms with Gasteiger partial charge in [-0.15, -0.1) is 11.3 Å². The quantitative estimate of drug-likeness (QED) is 0.529. The van der Waals surface area contributed by atoms with Gasteiger partial charge in [-0.3, -0.25) is 9.48 Å². The Labute approximate surface area is 171 Å². The average Bonchev–Trinajstić information content (AvgIpc) is 3.30. The molecule has 0 aliphatic carbocycles. The highest BCUT2D eigenvalue weighted by Gasteiger charge is 2.16. The number of carboxylic acids is 1. The lowest BCUT2D eigenvalue weighted by molar-refractivity contribution is -0.135. The van der Waals surface area contributed by atoms with Crippen LogP contribution in [0.1, 0.15) is 22.6 Å². The molecule has 6 nitrogen and oxygen atoms in total. The maximum absolute atomic E-state index is 11.5. The predicted molar refractivity (Wildman–Crippen MR) is 113 cm³/mol. The second-order valence-electron chi connectivity index (χ2n) is 6.53. The maximum atomic E-state index is 11.5. The molecule has 2 aromatic carbocycles. The van der Waals surface area contributed by atoms with Crippen LogP contribution in [-0.4, -0.2) is 25.8 Å². The second kappa shape index (κ2) is 7.70. The fourth-order valence-corrected chi connectivity index (χ4v) is 4.10. The van der Waals surface area contributed by atoms with Crippen LogP contribution in [0.5, 0.6) is 0 Å². The topological polar surface area (TPSA) is 91.8 Å². The van der Waals surface area contributed by atoms with Gasteiger partial charge in [-0.2, -0.15) is 10.4 Å². The smallest absolute Gasteiger partial charge is 0.307 e. The lowest BCUT2D eigenvalue weighted by Crippen LogP contribution is -1.97. The number of nitriles is 1. The summed E-state index contributed by atoms with van der Waals surface area (Å²) >= 11 is 1.47. The van der Waals surface area contributed by atoms with Crippen molar-refractivity contribution < 1.29 is 9.90 Å². The summed E-state index contributed by atoms with van der Waals surface area (Å²) in [5, 5.41) is 23.8. The minimum absolute atomic E-state index is 0.146. The first-order valence-corrected chi connectivity index (χ1v) is 9.67. The van der Waals surface area contributed by atoms with Crippen molar-refractivity contribution in [3.63, 3.8) is 0 Å². The van der Waals surface area contributed by atoms with Crippen LogP contribution in [0.15, 0.2) is 54.7 Å². The van der Waals surface area contributed by atoms with Crippen molar-refractivity contribution in [2.45, 2.75) is 6.42 Å². The zero-order valence-corrected chi connectivity index (χ0v) is 16.3. The number of carbonyl (C=O) groups is 1. The molecule has 142 valence electrons. The van der Waals surface area contributed by atoms with Crippen molar-refractivity contribution in [2.75, 3.05) is 0 Å². The molecule has 0 unspecified atom stereocenters. The van der Waals surface area contributed by atoms with Gasteiger partial charge in [0, 0.05) is 24.4 Å². The zero-order chi connectivity index (χ0) is 20.4. The third kappa shape index (κ3) is 3.93. The van der Waals surface area contributed by atoms with Crippen molar-refractivity contribution in [1.82, 2.24) is 14.8 Å². The summed E-state index contributed by atoms with van der Waals surface area (Å²) in [4.78, 5) is 16.1. The molecule has 0 saturated heterocycles. The number of aryl methyl sites for hydroxylation is 1. The highest BCUT2D eigenvalue weighted by molar-refractivity contribution is 7.19. The van der Waals surface area contributed by atoms with Gasteiger partial charge in [0.1, 0.15) is 5.01 Å². The Morgan fingerprint density at radius 2 is 2.10 bits per heavy atom. The molecule has 7 heteroatoms. The van der Waals surface area contributed by atoms with E-state index in [0.717, 1.165) is 21.3 Å². The highest BCUT2D eigenvalue weighted by atomic mass is 32.1. The van der Waals surface area contributed by atoms with E-state index in [1.807, 2.05) is 55.7 Å². The van der Waals surface area contributed by atoms with Gasteiger partial charge in [0.25, 0.3) is 0 Å². The molecule has 0 fully saturated rings. The van der Waals surface area contributed by atoms with Crippen LogP contribution >= 0.6 is 11.3 Å². The molecular formula is C22H16N4O2S. The number of carboxylic acid groups (broad SMARTS) is 1. The Kier molecular flexibility index (Phi) is 4.94. The Balaban J connectivity index is 1.84. The van der Waals surface area contributed by atoms with Gasteiger partial charge >= 0.3 is 5.97 Å². The minimum Gasteiger partial charge on any atom is -0.481 e. The Hall–Kier alpha value is -3.76. The average molecular weight is 400 g/mol. The lowest BCUT2D eigenvalue weighted by Gasteiger charge is -2.03. The molecule has 0 spiro atoms. The van der Waals surface area contributed by atoms with Gasteiger partial charge in [0.05, 0.1) is 34.0 Å². The molecule has 0 saturated carbocycles. The number of rotatable bonds is 5. The monoisotopic (exact) mass is 400 g/mol. The van der Waals surface area contributed by atoms with Gasteiger partial charge < -0.3 is 5.11 Å². The Morgan fingerprint density at radius 3 is 2.86 bits per heavy atom. The molecular weight excluding hydrogens is 384 g/mol.